The zero-order valence-electron chi connectivity index (χ0n) is 8.33. The second-order valence-electron chi connectivity index (χ2n) is 2.69. The van der Waals surface area contributed by atoms with Gasteiger partial charge in [-0.2, -0.15) is 0 Å². The summed E-state index contributed by atoms with van der Waals surface area (Å²) in [7, 11) is 0. The number of carbonyl (C=O) groups excluding carboxylic acids is 2. The Kier molecular flexibility index (Phi) is 5.93. The number of hydrogen-bond acceptors (Lipinski definition) is 4. The molecule has 0 aliphatic carbocycles. The quantitative estimate of drug-likeness (QED) is 0.486. The maximum atomic E-state index is 11.0. The summed E-state index contributed by atoms with van der Waals surface area (Å²) in [6, 6.07) is 0. The molecule has 0 aliphatic heterocycles. The van der Waals surface area contributed by atoms with Crippen LogP contribution in [-0.2, 0) is 19.1 Å². The van der Waals surface area contributed by atoms with Crippen molar-refractivity contribution in [1.29, 1.82) is 0 Å². The zero-order valence-corrected chi connectivity index (χ0v) is 8.33. The lowest BCUT2D eigenvalue weighted by Gasteiger charge is -2.15. The molecule has 1 unspecified atom stereocenters. The smallest absolute Gasteiger partial charge is 0.308 e. The van der Waals surface area contributed by atoms with Crippen molar-refractivity contribution in [3.8, 4) is 0 Å². The van der Waals surface area contributed by atoms with Crippen LogP contribution in [0.1, 0.15) is 40.0 Å². The van der Waals surface area contributed by atoms with Crippen molar-refractivity contribution in [2.24, 2.45) is 0 Å². The monoisotopic (exact) mass is 188 g/mol. The van der Waals surface area contributed by atoms with Gasteiger partial charge in [-0.15, -0.1) is 0 Å². The van der Waals surface area contributed by atoms with E-state index in [1.165, 1.54) is 6.92 Å². The van der Waals surface area contributed by atoms with Gasteiger partial charge in [0.15, 0.2) is 0 Å². The van der Waals surface area contributed by atoms with Crippen LogP contribution in [0.3, 0.4) is 0 Å². The van der Waals surface area contributed by atoms with Crippen LogP contribution in [0.15, 0.2) is 0 Å². The van der Waals surface area contributed by atoms with Crippen molar-refractivity contribution in [2.45, 2.75) is 46.3 Å². The highest BCUT2D eigenvalue weighted by atomic mass is 16.7. The summed E-state index contributed by atoms with van der Waals surface area (Å²) in [4.78, 5) is 21.5. The molecule has 76 valence electrons. The van der Waals surface area contributed by atoms with Crippen LogP contribution in [0, 0.1) is 0 Å². The molecule has 0 aromatic heterocycles. The van der Waals surface area contributed by atoms with Crippen molar-refractivity contribution >= 4 is 11.9 Å². The molecular formula is C9H16O4. The lowest BCUT2D eigenvalue weighted by Crippen LogP contribution is -2.22. The first-order chi connectivity index (χ1) is 6.10. The Hall–Kier alpha value is -1.06. The Labute approximate surface area is 78.2 Å². The molecule has 0 saturated carbocycles. The Balaban J connectivity index is 3.83. The minimum Gasteiger partial charge on any atom is -0.425 e. The molecule has 1 atom stereocenters. The van der Waals surface area contributed by atoms with Crippen LogP contribution in [0.25, 0.3) is 0 Å². The number of esters is 2. The molecule has 4 heteroatoms. The largest absolute Gasteiger partial charge is 0.425 e. The Bertz CT molecular complexity index is 176. The highest BCUT2D eigenvalue weighted by molar-refractivity contribution is 5.70. The van der Waals surface area contributed by atoms with Gasteiger partial charge in [-0.1, -0.05) is 13.8 Å². The third-order valence-electron chi connectivity index (χ3n) is 1.35. The van der Waals surface area contributed by atoms with Crippen molar-refractivity contribution in [3.05, 3.63) is 0 Å². The average Bonchev–Trinajstić information content (AvgIpc) is 2.02. The zero-order chi connectivity index (χ0) is 10.3. The van der Waals surface area contributed by atoms with Gasteiger partial charge in [-0.3, -0.25) is 9.59 Å². The normalized spacial score (nSPS) is 11.9. The molecule has 13 heavy (non-hydrogen) atoms. The molecule has 0 saturated heterocycles. The van der Waals surface area contributed by atoms with Gasteiger partial charge in [0.25, 0.3) is 0 Å². The molecule has 0 amide bonds. The lowest BCUT2D eigenvalue weighted by atomic mass is 10.3. The fourth-order valence-electron chi connectivity index (χ4n) is 0.785. The summed E-state index contributed by atoms with van der Waals surface area (Å²) in [5, 5.41) is 0. The number of hydrogen-bond donors (Lipinski definition) is 0. The molecule has 0 bridgehead atoms. The van der Waals surface area contributed by atoms with Crippen molar-refractivity contribution < 1.29 is 19.1 Å². The molecule has 0 spiro atoms. The summed E-state index contributed by atoms with van der Waals surface area (Å²) < 4.78 is 9.60. The average molecular weight is 188 g/mol. The van der Waals surface area contributed by atoms with Gasteiger partial charge in [0.2, 0.25) is 6.29 Å². The molecule has 0 aromatic rings. The van der Waals surface area contributed by atoms with E-state index in [0.717, 1.165) is 6.42 Å². The van der Waals surface area contributed by atoms with Crippen LogP contribution in [-0.4, -0.2) is 18.2 Å². The van der Waals surface area contributed by atoms with E-state index in [1.54, 1.807) is 6.92 Å². The summed E-state index contributed by atoms with van der Waals surface area (Å²) in [6.07, 6.45) is 0.846. The summed E-state index contributed by atoms with van der Waals surface area (Å²) in [5.41, 5.74) is 0. The molecule has 0 radical (unpaired) electrons. The summed E-state index contributed by atoms with van der Waals surface area (Å²) in [6.45, 7) is 4.96. The van der Waals surface area contributed by atoms with E-state index >= 15 is 0 Å². The van der Waals surface area contributed by atoms with Crippen molar-refractivity contribution in [2.75, 3.05) is 0 Å². The highest BCUT2D eigenvalue weighted by Crippen LogP contribution is 2.03. The number of rotatable bonds is 5. The van der Waals surface area contributed by atoms with Gasteiger partial charge < -0.3 is 9.47 Å². The molecule has 0 fully saturated rings. The predicted octanol–water partition coefficient (Wildman–Crippen LogP) is 1.63. The fraction of sp³-hybridized carbons (Fsp3) is 0.778. The Morgan fingerprint density at radius 3 is 2.23 bits per heavy atom. The molecular weight excluding hydrogens is 172 g/mol. The summed E-state index contributed by atoms with van der Waals surface area (Å²) in [5.74, 6) is -0.758. The van der Waals surface area contributed by atoms with Crippen LogP contribution in [0.4, 0.5) is 0 Å². The first-order valence-corrected chi connectivity index (χ1v) is 4.46. The van der Waals surface area contributed by atoms with Gasteiger partial charge in [0, 0.05) is 19.8 Å². The van der Waals surface area contributed by atoms with Crippen LogP contribution < -0.4 is 0 Å². The van der Waals surface area contributed by atoms with Crippen molar-refractivity contribution in [1.82, 2.24) is 0 Å². The minimum absolute atomic E-state index is 0.324. The van der Waals surface area contributed by atoms with Gasteiger partial charge in [-0.05, 0) is 6.42 Å². The molecule has 0 N–H and O–H groups in total. The Morgan fingerprint density at radius 1 is 1.23 bits per heavy atom. The minimum atomic E-state index is -0.725. The van der Waals surface area contributed by atoms with E-state index in [9.17, 15) is 9.59 Å². The third-order valence-corrected chi connectivity index (χ3v) is 1.35. The lowest BCUT2D eigenvalue weighted by molar-refractivity contribution is -0.186. The first-order valence-electron chi connectivity index (χ1n) is 4.46. The topological polar surface area (TPSA) is 52.6 Å². The van der Waals surface area contributed by atoms with Gasteiger partial charge in [-0.25, -0.2) is 0 Å². The SMILES string of the molecule is CCCC(=O)OC(CC)OC(C)=O. The first kappa shape index (κ1) is 11.9. The standard InChI is InChI=1S/C9H16O4/c1-4-6-8(11)13-9(5-2)12-7(3)10/h9H,4-6H2,1-3H3. The molecule has 0 aliphatic rings. The van der Waals surface area contributed by atoms with Crippen LogP contribution >= 0.6 is 0 Å². The molecule has 0 aromatic carbocycles. The second kappa shape index (κ2) is 6.46. The fourth-order valence-corrected chi connectivity index (χ4v) is 0.785. The van der Waals surface area contributed by atoms with Crippen LogP contribution in [0.5, 0.6) is 0 Å². The second-order valence-corrected chi connectivity index (χ2v) is 2.69. The van der Waals surface area contributed by atoms with E-state index < -0.39 is 12.3 Å². The highest BCUT2D eigenvalue weighted by Gasteiger charge is 2.13. The van der Waals surface area contributed by atoms with Gasteiger partial charge in [0.05, 0.1) is 0 Å². The van der Waals surface area contributed by atoms with E-state index in [-0.39, 0.29) is 5.97 Å². The molecule has 0 rings (SSSR count). The van der Waals surface area contributed by atoms with E-state index in [2.05, 4.69) is 0 Å². The van der Waals surface area contributed by atoms with Crippen LogP contribution in [0.2, 0.25) is 0 Å². The predicted molar refractivity (Wildman–Crippen MR) is 46.8 cm³/mol. The molecule has 0 heterocycles. The maximum Gasteiger partial charge on any atom is 0.308 e. The van der Waals surface area contributed by atoms with Gasteiger partial charge in [0.1, 0.15) is 0 Å². The summed E-state index contributed by atoms with van der Waals surface area (Å²) >= 11 is 0. The van der Waals surface area contributed by atoms with Gasteiger partial charge >= 0.3 is 11.9 Å². The number of carbonyl (C=O) groups is 2. The van der Waals surface area contributed by atoms with E-state index in [4.69, 9.17) is 9.47 Å². The maximum absolute atomic E-state index is 11.0. The van der Waals surface area contributed by atoms with E-state index in [1.807, 2.05) is 6.92 Å². The van der Waals surface area contributed by atoms with E-state index in [0.29, 0.717) is 12.8 Å². The Morgan fingerprint density at radius 2 is 1.85 bits per heavy atom. The van der Waals surface area contributed by atoms with Crippen molar-refractivity contribution in [3.63, 3.8) is 0 Å². The third kappa shape index (κ3) is 6.13. The number of ether oxygens (including phenoxy) is 2. The molecule has 4 nitrogen and oxygen atoms in total.